The number of nitrogens with zero attached hydrogens (tertiary/aromatic N) is 1. The third-order valence-electron chi connectivity index (χ3n) is 5.22. The predicted molar refractivity (Wildman–Crippen MR) is 108 cm³/mol. The van der Waals surface area contributed by atoms with Crippen molar-refractivity contribution in [1.82, 2.24) is 5.32 Å². The molecule has 2 atom stereocenters. The molecular formula is C21H22N2O3S. The number of hydrogen-bond donors (Lipinski definition) is 1. The van der Waals surface area contributed by atoms with E-state index >= 15 is 0 Å². The largest absolute Gasteiger partial charge is 0.491 e. The third-order valence-corrected chi connectivity index (χ3v) is 6.20. The first kappa shape index (κ1) is 17.9. The summed E-state index contributed by atoms with van der Waals surface area (Å²) in [4.78, 5) is 25.2. The Morgan fingerprint density at radius 2 is 1.93 bits per heavy atom. The van der Waals surface area contributed by atoms with Crippen molar-refractivity contribution in [3.05, 3.63) is 59.7 Å². The highest BCUT2D eigenvalue weighted by atomic mass is 32.2. The summed E-state index contributed by atoms with van der Waals surface area (Å²) >= 11 is 1.06. The van der Waals surface area contributed by atoms with E-state index in [-0.39, 0.29) is 16.4 Å². The lowest BCUT2D eigenvalue weighted by atomic mass is 9.97. The van der Waals surface area contributed by atoms with Crippen LogP contribution in [0.4, 0.5) is 10.5 Å². The standard InChI is InChI=1S/C21H22N2O3S/c1-23-16(9-8-15-4-2-3-5-18(15)23)13-26-17-10-6-14(7-11-17)12-19-20(24)22-21(25)27-19/h2-7,10-11,16,19H,8-9,12-13H2,1H3,(H,22,24,25). The second kappa shape index (κ2) is 7.64. The molecule has 0 radical (unpaired) electrons. The van der Waals surface area contributed by atoms with E-state index in [1.54, 1.807) is 0 Å². The molecule has 4 rings (SSSR count). The summed E-state index contributed by atoms with van der Waals surface area (Å²) in [6.45, 7) is 0.638. The Labute approximate surface area is 163 Å². The molecule has 0 bridgehead atoms. The van der Waals surface area contributed by atoms with E-state index in [1.165, 1.54) is 11.3 Å². The molecule has 1 saturated heterocycles. The second-order valence-electron chi connectivity index (χ2n) is 6.97. The number of likely N-dealkylation sites (N-methyl/N-ethyl adjacent to an activating group) is 1. The van der Waals surface area contributed by atoms with Gasteiger partial charge in [-0.3, -0.25) is 14.9 Å². The van der Waals surface area contributed by atoms with Crippen molar-refractivity contribution < 1.29 is 14.3 Å². The van der Waals surface area contributed by atoms with Crippen LogP contribution in [-0.4, -0.2) is 36.1 Å². The summed E-state index contributed by atoms with van der Waals surface area (Å²) in [7, 11) is 2.13. The summed E-state index contributed by atoms with van der Waals surface area (Å²) in [5.74, 6) is 0.622. The lowest BCUT2D eigenvalue weighted by molar-refractivity contribution is -0.118. The minimum absolute atomic E-state index is 0.203. The maximum Gasteiger partial charge on any atom is 0.286 e. The van der Waals surface area contributed by atoms with Gasteiger partial charge < -0.3 is 9.64 Å². The molecule has 2 aliphatic heterocycles. The Morgan fingerprint density at radius 1 is 1.15 bits per heavy atom. The molecule has 0 aromatic heterocycles. The van der Waals surface area contributed by atoms with Gasteiger partial charge in [-0.05, 0) is 48.6 Å². The fourth-order valence-corrected chi connectivity index (χ4v) is 4.49. The monoisotopic (exact) mass is 382 g/mol. The zero-order chi connectivity index (χ0) is 18.8. The third kappa shape index (κ3) is 3.95. The van der Waals surface area contributed by atoms with Gasteiger partial charge in [0.15, 0.2) is 0 Å². The van der Waals surface area contributed by atoms with Gasteiger partial charge in [0.25, 0.3) is 5.24 Å². The van der Waals surface area contributed by atoms with E-state index in [4.69, 9.17) is 4.74 Å². The smallest absolute Gasteiger partial charge is 0.286 e. The molecule has 2 heterocycles. The minimum atomic E-state index is -0.333. The Kier molecular flexibility index (Phi) is 5.07. The highest BCUT2D eigenvalue weighted by molar-refractivity contribution is 8.15. The number of ether oxygens (including phenoxy) is 1. The molecule has 6 heteroatoms. The van der Waals surface area contributed by atoms with Gasteiger partial charge in [0.05, 0.1) is 11.3 Å². The fraction of sp³-hybridized carbons (Fsp3) is 0.333. The topological polar surface area (TPSA) is 58.6 Å². The quantitative estimate of drug-likeness (QED) is 0.859. The number of benzene rings is 2. The average molecular weight is 382 g/mol. The van der Waals surface area contributed by atoms with Crippen LogP contribution in [0.1, 0.15) is 17.5 Å². The van der Waals surface area contributed by atoms with Gasteiger partial charge in [0.1, 0.15) is 12.4 Å². The van der Waals surface area contributed by atoms with Crippen molar-refractivity contribution in [1.29, 1.82) is 0 Å². The number of nitrogens with one attached hydrogen (secondary N) is 1. The van der Waals surface area contributed by atoms with Gasteiger partial charge >= 0.3 is 0 Å². The number of carbonyl (C=O) groups excluding carboxylic acids is 2. The number of rotatable bonds is 5. The first-order valence-corrected chi connectivity index (χ1v) is 10.0. The van der Waals surface area contributed by atoms with E-state index < -0.39 is 0 Å². The molecule has 0 saturated carbocycles. The zero-order valence-electron chi connectivity index (χ0n) is 15.2. The van der Waals surface area contributed by atoms with Crippen LogP contribution in [0.3, 0.4) is 0 Å². The number of imide groups is 1. The van der Waals surface area contributed by atoms with Crippen LogP contribution in [0.15, 0.2) is 48.5 Å². The van der Waals surface area contributed by atoms with Gasteiger partial charge in [-0.1, -0.05) is 42.1 Å². The molecular weight excluding hydrogens is 360 g/mol. The van der Waals surface area contributed by atoms with Crippen LogP contribution in [0.5, 0.6) is 5.75 Å². The van der Waals surface area contributed by atoms with Gasteiger partial charge in [0.2, 0.25) is 5.91 Å². The van der Waals surface area contributed by atoms with Gasteiger partial charge in [0, 0.05) is 12.7 Å². The maximum atomic E-state index is 11.7. The van der Waals surface area contributed by atoms with Crippen molar-refractivity contribution in [2.45, 2.75) is 30.6 Å². The highest BCUT2D eigenvalue weighted by Gasteiger charge is 2.31. The fourth-order valence-electron chi connectivity index (χ4n) is 3.63. The SMILES string of the molecule is CN1c2ccccc2CCC1COc1ccc(CC2SC(=O)NC2=O)cc1. The van der Waals surface area contributed by atoms with Gasteiger partial charge in [-0.15, -0.1) is 0 Å². The Bertz CT molecular complexity index is 853. The van der Waals surface area contributed by atoms with Crippen molar-refractivity contribution in [2.24, 2.45) is 0 Å². The molecule has 2 aliphatic rings. The molecule has 2 amide bonds. The number of hydrogen-bond acceptors (Lipinski definition) is 5. The van der Waals surface area contributed by atoms with Crippen LogP contribution < -0.4 is 15.0 Å². The number of para-hydroxylation sites is 1. The molecule has 2 unspecified atom stereocenters. The zero-order valence-corrected chi connectivity index (χ0v) is 16.0. The Hall–Kier alpha value is -2.47. The van der Waals surface area contributed by atoms with E-state index in [1.807, 2.05) is 24.3 Å². The molecule has 0 aliphatic carbocycles. The number of carbonyl (C=O) groups is 2. The van der Waals surface area contributed by atoms with Crippen molar-refractivity contribution in [2.75, 3.05) is 18.6 Å². The molecule has 1 fully saturated rings. The van der Waals surface area contributed by atoms with Crippen LogP contribution in [0.2, 0.25) is 0 Å². The summed E-state index contributed by atoms with van der Waals surface area (Å²) in [6.07, 6.45) is 2.70. The molecule has 2 aromatic carbocycles. The molecule has 2 aromatic rings. The summed E-state index contributed by atoms with van der Waals surface area (Å²) in [6, 6.07) is 16.7. The van der Waals surface area contributed by atoms with Gasteiger partial charge in [-0.25, -0.2) is 0 Å². The van der Waals surface area contributed by atoms with E-state index in [0.29, 0.717) is 19.1 Å². The Balaban J connectivity index is 1.33. The molecule has 0 spiro atoms. The lowest BCUT2D eigenvalue weighted by Gasteiger charge is -2.35. The number of fused-ring (bicyclic) bond motifs is 1. The minimum Gasteiger partial charge on any atom is -0.491 e. The lowest BCUT2D eigenvalue weighted by Crippen LogP contribution is -2.40. The molecule has 5 nitrogen and oxygen atoms in total. The summed E-state index contributed by atoms with van der Waals surface area (Å²) in [5, 5.41) is 1.73. The van der Waals surface area contributed by atoms with E-state index in [0.717, 1.165) is 35.9 Å². The van der Waals surface area contributed by atoms with Crippen molar-refractivity contribution >= 4 is 28.6 Å². The van der Waals surface area contributed by atoms with Crippen LogP contribution >= 0.6 is 11.8 Å². The number of anilines is 1. The van der Waals surface area contributed by atoms with Crippen molar-refractivity contribution in [3.8, 4) is 5.75 Å². The molecule has 140 valence electrons. The predicted octanol–water partition coefficient (Wildman–Crippen LogP) is 3.41. The normalized spacial score (nSPS) is 21.7. The van der Waals surface area contributed by atoms with Crippen LogP contribution in [-0.2, 0) is 17.6 Å². The second-order valence-corrected chi connectivity index (χ2v) is 8.15. The van der Waals surface area contributed by atoms with Crippen molar-refractivity contribution in [3.63, 3.8) is 0 Å². The number of amides is 2. The highest BCUT2D eigenvalue weighted by Crippen LogP contribution is 2.29. The number of aryl methyl sites for hydroxylation is 1. The van der Waals surface area contributed by atoms with Gasteiger partial charge in [-0.2, -0.15) is 0 Å². The first-order chi connectivity index (χ1) is 13.1. The van der Waals surface area contributed by atoms with E-state index in [2.05, 4.69) is 41.5 Å². The Morgan fingerprint density at radius 3 is 2.67 bits per heavy atom. The number of thioether (sulfide) groups is 1. The average Bonchev–Trinajstić information content (AvgIpc) is 2.99. The first-order valence-electron chi connectivity index (χ1n) is 9.14. The summed E-state index contributed by atoms with van der Waals surface area (Å²) < 4.78 is 6.01. The molecule has 1 N–H and O–H groups in total. The van der Waals surface area contributed by atoms with Crippen LogP contribution in [0, 0.1) is 0 Å². The molecule has 27 heavy (non-hydrogen) atoms. The maximum absolute atomic E-state index is 11.7. The van der Waals surface area contributed by atoms with Crippen LogP contribution in [0.25, 0.3) is 0 Å². The summed E-state index contributed by atoms with van der Waals surface area (Å²) in [5.41, 5.74) is 3.70. The van der Waals surface area contributed by atoms with E-state index in [9.17, 15) is 9.59 Å².